The fourth-order valence-electron chi connectivity index (χ4n) is 5.63. The first-order chi connectivity index (χ1) is 25.3. The average molecular weight is 761 g/mol. The van der Waals surface area contributed by atoms with E-state index in [1.807, 2.05) is 0 Å². The SMILES string of the molecule is CCCCCCC/C=C\CCCCCCCC(=O)OC(CO)COP(=O)(O)OCC(CO)OC(=O)CCCCCCC/C=C\CCCCCCCC. The molecule has 306 valence electrons. The summed E-state index contributed by atoms with van der Waals surface area (Å²) in [6.45, 7) is 2.17. The third kappa shape index (κ3) is 35.5. The molecule has 0 aromatic rings. The number of hydrogen-bond acceptors (Lipinski definition) is 9. The molecule has 0 aromatic carbocycles. The minimum Gasteiger partial charge on any atom is -0.457 e. The number of esters is 2. The molecule has 3 atom stereocenters. The smallest absolute Gasteiger partial charge is 0.457 e. The standard InChI is InChI=1S/C41H77O10P/c1-3-5-7-9-11-13-15-17-19-21-23-25-27-29-31-33-41(45)51-39(35-43)37-49-52(46,47)48-36-38(34-42)50-40(44)32-30-28-26-24-22-20-18-16-14-12-10-8-6-4-2/h16-19,38-39,42-43H,3-15,20-37H2,1-2H3,(H,46,47)/b18-16-,19-17-. The molecule has 0 saturated heterocycles. The van der Waals surface area contributed by atoms with Crippen molar-refractivity contribution >= 4 is 19.8 Å². The Morgan fingerprint density at radius 2 is 0.788 bits per heavy atom. The summed E-state index contributed by atoms with van der Waals surface area (Å²) in [6, 6.07) is 0. The summed E-state index contributed by atoms with van der Waals surface area (Å²) in [7, 11) is -4.63. The highest BCUT2D eigenvalue weighted by Gasteiger charge is 2.27. The number of allylic oxidation sites excluding steroid dienone is 4. The second kappa shape index (κ2) is 37.8. The van der Waals surface area contributed by atoms with Crippen LogP contribution in [0.25, 0.3) is 0 Å². The van der Waals surface area contributed by atoms with Gasteiger partial charge in [-0.3, -0.25) is 18.6 Å². The number of ether oxygens (including phenoxy) is 2. The van der Waals surface area contributed by atoms with Crippen molar-refractivity contribution in [2.75, 3.05) is 26.4 Å². The Labute approximate surface area is 317 Å². The molecule has 0 aliphatic carbocycles. The van der Waals surface area contributed by atoms with E-state index in [-0.39, 0.29) is 12.8 Å². The molecule has 0 amide bonds. The second-order valence-electron chi connectivity index (χ2n) is 14.0. The van der Waals surface area contributed by atoms with Crippen LogP contribution in [0.1, 0.15) is 187 Å². The van der Waals surface area contributed by atoms with Crippen LogP contribution in [0.5, 0.6) is 0 Å². The molecule has 0 heterocycles. The van der Waals surface area contributed by atoms with Gasteiger partial charge in [-0.2, -0.15) is 0 Å². The maximum atomic E-state index is 12.3. The van der Waals surface area contributed by atoms with Crippen LogP contribution in [-0.2, 0) is 32.7 Å². The van der Waals surface area contributed by atoms with Gasteiger partial charge in [0.15, 0.2) is 0 Å². The Morgan fingerprint density at radius 3 is 1.10 bits per heavy atom. The lowest BCUT2D eigenvalue weighted by atomic mass is 10.1. The molecule has 11 heteroatoms. The first-order valence-corrected chi connectivity index (χ1v) is 22.3. The van der Waals surface area contributed by atoms with Gasteiger partial charge in [0, 0.05) is 12.8 Å². The zero-order valence-electron chi connectivity index (χ0n) is 33.0. The monoisotopic (exact) mass is 761 g/mol. The maximum absolute atomic E-state index is 12.3. The summed E-state index contributed by atoms with van der Waals surface area (Å²) in [5.41, 5.74) is 0. The van der Waals surface area contributed by atoms with Crippen molar-refractivity contribution < 1.29 is 47.8 Å². The number of carbonyl (C=O) groups is 2. The van der Waals surface area contributed by atoms with Gasteiger partial charge in [-0.25, -0.2) is 4.57 Å². The van der Waals surface area contributed by atoms with Gasteiger partial charge in [0.05, 0.1) is 26.4 Å². The van der Waals surface area contributed by atoms with E-state index in [1.54, 1.807) is 0 Å². The highest BCUT2D eigenvalue weighted by molar-refractivity contribution is 7.47. The Hall–Kier alpha value is -1.55. The fourth-order valence-corrected chi connectivity index (χ4v) is 6.42. The minimum absolute atomic E-state index is 0.183. The highest BCUT2D eigenvalue weighted by Crippen LogP contribution is 2.43. The quantitative estimate of drug-likeness (QED) is 0.0239. The third-order valence-corrected chi connectivity index (χ3v) is 9.84. The predicted octanol–water partition coefficient (Wildman–Crippen LogP) is 10.6. The zero-order chi connectivity index (χ0) is 38.4. The molecule has 0 spiro atoms. The predicted molar refractivity (Wildman–Crippen MR) is 210 cm³/mol. The summed E-state index contributed by atoms with van der Waals surface area (Å²) in [5, 5.41) is 19.1. The Balaban J connectivity index is 3.96. The number of aliphatic hydroxyl groups is 2. The van der Waals surface area contributed by atoms with Crippen LogP contribution in [0.3, 0.4) is 0 Å². The van der Waals surface area contributed by atoms with Gasteiger partial charge >= 0.3 is 19.8 Å². The molecule has 0 rings (SSSR count). The molecular weight excluding hydrogens is 683 g/mol. The van der Waals surface area contributed by atoms with Gasteiger partial charge in [-0.15, -0.1) is 0 Å². The van der Waals surface area contributed by atoms with E-state index in [2.05, 4.69) is 38.2 Å². The van der Waals surface area contributed by atoms with Gasteiger partial charge in [0.2, 0.25) is 0 Å². The van der Waals surface area contributed by atoms with Crippen LogP contribution in [0.2, 0.25) is 0 Å². The van der Waals surface area contributed by atoms with Crippen LogP contribution in [0, 0.1) is 0 Å². The number of phosphoric ester groups is 1. The van der Waals surface area contributed by atoms with E-state index in [4.69, 9.17) is 18.5 Å². The lowest BCUT2D eigenvalue weighted by Crippen LogP contribution is -2.28. The summed E-state index contributed by atoms with van der Waals surface area (Å²) in [6.07, 6.45) is 35.8. The number of hydrogen-bond donors (Lipinski definition) is 3. The van der Waals surface area contributed by atoms with Gasteiger partial charge < -0.3 is 24.6 Å². The highest BCUT2D eigenvalue weighted by atomic mass is 31.2. The van der Waals surface area contributed by atoms with Crippen molar-refractivity contribution in [1.29, 1.82) is 0 Å². The normalized spacial score (nSPS) is 14.2. The fraction of sp³-hybridized carbons (Fsp3) is 0.854. The molecule has 0 aliphatic heterocycles. The number of rotatable bonds is 39. The van der Waals surface area contributed by atoms with Crippen LogP contribution >= 0.6 is 7.82 Å². The van der Waals surface area contributed by atoms with E-state index in [0.29, 0.717) is 12.8 Å². The third-order valence-electron chi connectivity index (χ3n) is 8.89. The Kier molecular flexibility index (Phi) is 36.6. The number of unbranched alkanes of at least 4 members (excludes halogenated alkanes) is 21. The Bertz CT molecular complexity index is 925. The molecule has 0 fully saturated rings. The number of aliphatic hydroxyl groups excluding tert-OH is 2. The first-order valence-electron chi connectivity index (χ1n) is 20.8. The van der Waals surface area contributed by atoms with Crippen LogP contribution in [-0.4, -0.2) is 65.7 Å². The molecule has 3 unspecified atom stereocenters. The first kappa shape index (κ1) is 50.5. The molecule has 0 aromatic heterocycles. The van der Waals surface area contributed by atoms with Crippen molar-refractivity contribution in [2.24, 2.45) is 0 Å². The molecule has 0 saturated carbocycles. The van der Waals surface area contributed by atoms with E-state index < -0.39 is 58.4 Å². The summed E-state index contributed by atoms with van der Waals surface area (Å²) in [4.78, 5) is 34.4. The number of carbonyl (C=O) groups excluding carboxylic acids is 2. The van der Waals surface area contributed by atoms with Crippen LogP contribution < -0.4 is 0 Å². The summed E-state index contributed by atoms with van der Waals surface area (Å²) >= 11 is 0. The molecule has 3 N–H and O–H groups in total. The maximum Gasteiger partial charge on any atom is 0.472 e. The molecular formula is C41H77O10P. The summed E-state index contributed by atoms with van der Waals surface area (Å²) < 4.78 is 32.5. The van der Waals surface area contributed by atoms with Crippen molar-refractivity contribution in [3.63, 3.8) is 0 Å². The average Bonchev–Trinajstić information content (AvgIpc) is 3.13. The van der Waals surface area contributed by atoms with Gasteiger partial charge in [-0.05, 0) is 64.2 Å². The Morgan fingerprint density at radius 1 is 0.500 bits per heavy atom. The van der Waals surface area contributed by atoms with Crippen LogP contribution in [0.4, 0.5) is 0 Å². The second-order valence-corrected chi connectivity index (χ2v) is 15.4. The molecule has 0 aliphatic rings. The van der Waals surface area contributed by atoms with E-state index in [0.717, 1.165) is 77.0 Å². The largest absolute Gasteiger partial charge is 0.472 e. The molecule has 0 bridgehead atoms. The lowest BCUT2D eigenvalue weighted by Gasteiger charge is -2.20. The minimum atomic E-state index is -4.63. The van der Waals surface area contributed by atoms with Gasteiger partial charge in [0.25, 0.3) is 0 Å². The van der Waals surface area contributed by atoms with E-state index in [1.165, 1.54) is 70.6 Å². The number of phosphoric acid groups is 1. The molecule has 52 heavy (non-hydrogen) atoms. The van der Waals surface area contributed by atoms with Crippen molar-refractivity contribution in [2.45, 2.75) is 199 Å². The van der Waals surface area contributed by atoms with E-state index in [9.17, 15) is 29.3 Å². The van der Waals surface area contributed by atoms with Crippen molar-refractivity contribution in [3.05, 3.63) is 24.3 Å². The zero-order valence-corrected chi connectivity index (χ0v) is 33.9. The van der Waals surface area contributed by atoms with Gasteiger partial charge in [-0.1, -0.05) is 134 Å². The van der Waals surface area contributed by atoms with Gasteiger partial charge in [0.1, 0.15) is 12.2 Å². The topological polar surface area (TPSA) is 149 Å². The molecule has 10 nitrogen and oxygen atoms in total. The molecule has 0 radical (unpaired) electrons. The van der Waals surface area contributed by atoms with Crippen molar-refractivity contribution in [1.82, 2.24) is 0 Å². The lowest BCUT2D eigenvalue weighted by molar-refractivity contribution is -0.153. The van der Waals surface area contributed by atoms with Crippen LogP contribution in [0.15, 0.2) is 24.3 Å². The summed E-state index contributed by atoms with van der Waals surface area (Å²) in [5.74, 6) is -1.03. The van der Waals surface area contributed by atoms with E-state index >= 15 is 0 Å². The van der Waals surface area contributed by atoms with Crippen molar-refractivity contribution in [3.8, 4) is 0 Å².